The number of nitrogens with zero attached hydrogens (tertiary/aromatic N) is 4. The third-order valence-corrected chi connectivity index (χ3v) is 3.05. The SMILES string of the molecule is CN(C)c1cccc(-c2ccn3nc(N)nc3c2)c1. The molecular weight excluding hydrogens is 238 g/mol. The first-order chi connectivity index (χ1) is 9.13. The molecule has 0 aliphatic heterocycles. The first-order valence-electron chi connectivity index (χ1n) is 6.03. The van der Waals surface area contributed by atoms with Crippen LogP contribution in [0.4, 0.5) is 11.6 Å². The summed E-state index contributed by atoms with van der Waals surface area (Å²) in [5.41, 5.74) is 9.76. The van der Waals surface area contributed by atoms with Crippen LogP contribution in [0.3, 0.4) is 0 Å². The second kappa shape index (κ2) is 4.28. The lowest BCUT2D eigenvalue weighted by Crippen LogP contribution is -2.08. The van der Waals surface area contributed by atoms with Crippen molar-refractivity contribution in [1.29, 1.82) is 0 Å². The molecule has 5 nitrogen and oxygen atoms in total. The summed E-state index contributed by atoms with van der Waals surface area (Å²) in [6, 6.07) is 12.3. The second-order valence-corrected chi connectivity index (χ2v) is 4.63. The predicted molar refractivity (Wildman–Crippen MR) is 77.2 cm³/mol. The molecule has 5 heteroatoms. The summed E-state index contributed by atoms with van der Waals surface area (Å²) in [7, 11) is 4.06. The average molecular weight is 253 g/mol. The number of fused-ring (bicyclic) bond motifs is 1. The summed E-state index contributed by atoms with van der Waals surface area (Å²) in [6.45, 7) is 0. The van der Waals surface area contributed by atoms with Crippen LogP contribution in [0.1, 0.15) is 0 Å². The van der Waals surface area contributed by atoms with Crippen LogP contribution in [0.5, 0.6) is 0 Å². The molecule has 2 N–H and O–H groups in total. The number of hydrogen-bond donors (Lipinski definition) is 1. The van der Waals surface area contributed by atoms with E-state index in [4.69, 9.17) is 5.73 Å². The number of pyridine rings is 1. The van der Waals surface area contributed by atoms with Crippen molar-refractivity contribution in [2.75, 3.05) is 24.7 Å². The van der Waals surface area contributed by atoms with E-state index in [-0.39, 0.29) is 0 Å². The van der Waals surface area contributed by atoms with Gasteiger partial charge in [0.05, 0.1) is 0 Å². The van der Waals surface area contributed by atoms with Gasteiger partial charge in [-0.3, -0.25) is 0 Å². The number of aromatic nitrogens is 3. The number of nitrogen functional groups attached to an aromatic ring is 1. The minimum absolute atomic E-state index is 0.291. The Morgan fingerprint density at radius 1 is 1.11 bits per heavy atom. The molecule has 0 saturated heterocycles. The molecule has 0 atom stereocenters. The Hall–Kier alpha value is -2.56. The smallest absolute Gasteiger partial charge is 0.240 e. The van der Waals surface area contributed by atoms with Crippen molar-refractivity contribution >= 4 is 17.3 Å². The van der Waals surface area contributed by atoms with Crippen molar-refractivity contribution in [1.82, 2.24) is 14.6 Å². The Kier molecular flexibility index (Phi) is 2.59. The van der Waals surface area contributed by atoms with Crippen LogP contribution in [0.15, 0.2) is 42.6 Å². The van der Waals surface area contributed by atoms with Gasteiger partial charge in [-0.2, -0.15) is 4.98 Å². The van der Waals surface area contributed by atoms with E-state index in [1.807, 2.05) is 38.5 Å². The predicted octanol–water partition coefficient (Wildman–Crippen LogP) is 2.04. The number of hydrogen-bond acceptors (Lipinski definition) is 4. The van der Waals surface area contributed by atoms with Gasteiger partial charge in [-0.25, -0.2) is 4.52 Å². The van der Waals surface area contributed by atoms with E-state index >= 15 is 0 Å². The van der Waals surface area contributed by atoms with E-state index in [1.54, 1.807) is 4.52 Å². The summed E-state index contributed by atoms with van der Waals surface area (Å²) >= 11 is 0. The lowest BCUT2D eigenvalue weighted by Gasteiger charge is -2.13. The zero-order valence-corrected chi connectivity index (χ0v) is 10.9. The maximum atomic E-state index is 5.59. The molecule has 0 fully saturated rings. The minimum Gasteiger partial charge on any atom is -0.378 e. The Balaban J connectivity index is 2.10. The van der Waals surface area contributed by atoms with Gasteiger partial charge in [-0.05, 0) is 35.4 Å². The molecule has 2 heterocycles. The molecule has 1 aromatic carbocycles. The van der Waals surface area contributed by atoms with Crippen molar-refractivity contribution in [3.8, 4) is 11.1 Å². The Bertz CT molecular complexity index is 730. The minimum atomic E-state index is 0.291. The van der Waals surface area contributed by atoms with Crippen LogP contribution < -0.4 is 10.6 Å². The number of nitrogens with two attached hydrogens (primary N) is 1. The molecule has 0 aliphatic rings. The van der Waals surface area contributed by atoms with Crippen LogP contribution in [0.2, 0.25) is 0 Å². The van der Waals surface area contributed by atoms with E-state index in [9.17, 15) is 0 Å². The molecule has 19 heavy (non-hydrogen) atoms. The van der Waals surface area contributed by atoms with E-state index in [2.05, 4.69) is 33.2 Å². The first kappa shape index (κ1) is 11.5. The Morgan fingerprint density at radius 3 is 2.68 bits per heavy atom. The number of rotatable bonds is 2. The quantitative estimate of drug-likeness (QED) is 0.759. The second-order valence-electron chi connectivity index (χ2n) is 4.63. The van der Waals surface area contributed by atoms with Gasteiger partial charge in [0.25, 0.3) is 0 Å². The third-order valence-electron chi connectivity index (χ3n) is 3.05. The first-order valence-corrected chi connectivity index (χ1v) is 6.03. The summed E-state index contributed by atoms with van der Waals surface area (Å²) in [5.74, 6) is 0.291. The van der Waals surface area contributed by atoms with Gasteiger partial charge in [-0.1, -0.05) is 12.1 Å². The van der Waals surface area contributed by atoms with Gasteiger partial charge in [-0.15, -0.1) is 5.10 Å². The molecule has 0 aliphatic carbocycles. The monoisotopic (exact) mass is 253 g/mol. The maximum absolute atomic E-state index is 5.59. The molecule has 0 amide bonds. The van der Waals surface area contributed by atoms with Gasteiger partial charge in [0, 0.05) is 26.0 Å². The summed E-state index contributed by atoms with van der Waals surface area (Å²) < 4.78 is 1.68. The molecule has 2 aromatic heterocycles. The lowest BCUT2D eigenvalue weighted by molar-refractivity contribution is 0.968. The van der Waals surface area contributed by atoms with Crippen LogP contribution in [0, 0.1) is 0 Å². The average Bonchev–Trinajstić information content (AvgIpc) is 2.77. The fourth-order valence-corrected chi connectivity index (χ4v) is 2.04. The molecule has 0 unspecified atom stereocenters. The summed E-state index contributed by atoms with van der Waals surface area (Å²) in [4.78, 5) is 6.26. The van der Waals surface area contributed by atoms with Crippen LogP contribution >= 0.6 is 0 Å². The van der Waals surface area contributed by atoms with Crippen LogP contribution in [-0.2, 0) is 0 Å². The van der Waals surface area contributed by atoms with Gasteiger partial charge in [0.15, 0.2) is 5.65 Å². The topological polar surface area (TPSA) is 59.5 Å². The van der Waals surface area contributed by atoms with Crippen molar-refractivity contribution in [3.05, 3.63) is 42.6 Å². The maximum Gasteiger partial charge on any atom is 0.240 e. The highest BCUT2D eigenvalue weighted by atomic mass is 15.3. The molecule has 3 rings (SSSR count). The number of anilines is 2. The van der Waals surface area contributed by atoms with Gasteiger partial charge in [0.1, 0.15) is 0 Å². The zero-order chi connectivity index (χ0) is 13.4. The molecule has 0 saturated carbocycles. The van der Waals surface area contributed by atoms with Gasteiger partial charge < -0.3 is 10.6 Å². The highest BCUT2D eigenvalue weighted by Gasteiger charge is 2.04. The molecular formula is C14H15N5. The largest absolute Gasteiger partial charge is 0.378 e. The molecule has 3 aromatic rings. The summed E-state index contributed by atoms with van der Waals surface area (Å²) in [6.07, 6.45) is 1.87. The van der Waals surface area contributed by atoms with Crippen molar-refractivity contribution in [2.45, 2.75) is 0 Å². The molecule has 0 spiro atoms. The lowest BCUT2D eigenvalue weighted by atomic mass is 10.1. The zero-order valence-electron chi connectivity index (χ0n) is 10.9. The van der Waals surface area contributed by atoms with E-state index in [0.29, 0.717) is 5.95 Å². The molecule has 96 valence electrons. The van der Waals surface area contributed by atoms with E-state index in [0.717, 1.165) is 16.8 Å². The van der Waals surface area contributed by atoms with Gasteiger partial charge in [0.2, 0.25) is 5.95 Å². The van der Waals surface area contributed by atoms with Crippen molar-refractivity contribution < 1.29 is 0 Å². The normalized spacial score (nSPS) is 10.8. The van der Waals surface area contributed by atoms with Crippen molar-refractivity contribution in [3.63, 3.8) is 0 Å². The Labute approximate surface area is 111 Å². The number of benzene rings is 1. The molecule has 0 radical (unpaired) electrons. The van der Waals surface area contributed by atoms with Gasteiger partial charge >= 0.3 is 0 Å². The fourth-order valence-electron chi connectivity index (χ4n) is 2.04. The third kappa shape index (κ3) is 2.10. The summed E-state index contributed by atoms with van der Waals surface area (Å²) in [5, 5.41) is 4.07. The van der Waals surface area contributed by atoms with Crippen LogP contribution in [-0.4, -0.2) is 28.7 Å². The highest BCUT2D eigenvalue weighted by Crippen LogP contribution is 2.24. The van der Waals surface area contributed by atoms with Crippen molar-refractivity contribution in [2.24, 2.45) is 0 Å². The standard InChI is InChI=1S/C14H15N5/c1-18(2)12-5-3-4-10(8-12)11-6-7-19-13(9-11)16-14(15)17-19/h3-9H,1-2H3,(H2,15,17). The van der Waals surface area contributed by atoms with Crippen LogP contribution in [0.25, 0.3) is 16.8 Å². The van der Waals surface area contributed by atoms with E-state index < -0.39 is 0 Å². The van der Waals surface area contributed by atoms with E-state index in [1.165, 1.54) is 5.69 Å². The molecule has 0 bridgehead atoms. The Morgan fingerprint density at radius 2 is 1.89 bits per heavy atom. The fraction of sp³-hybridized carbons (Fsp3) is 0.143. The highest BCUT2D eigenvalue weighted by molar-refractivity contribution is 5.71.